The minimum Gasteiger partial charge on any atom is -0.371 e. The number of aromatic nitrogens is 4. The Balaban J connectivity index is 1.54. The highest BCUT2D eigenvalue weighted by molar-refractivity contribution is 7.15. The first kappa shape index (κ1) is 13.4. The van der Waals surface area contributed by atoms with Crippen molar-refractivity contribution < 1.29 is 9.53 Å². The van der Waals surface area contributed by atoms with E-state index in [0.717, 1.165) is 35.4 Å². The Hall–Kier alpha value is -2.32. The molecule has 3 heterocycles. The van der Waals surface area contributed by atoms with Gasteiger partial charge in [0.15, 0.2) is 5.69 Å². The second-order valence-corrected chi connectivity index (χ2v) is 6.03. The molecule has 1 saturated heterocycles. The third-order valence-corrected chi connectivity index (χ3v) is 4.48. The van der Waals surface area contributed by atoms with Crippen LogP contribution in [0.15, 0.2) is 24.3 Å². The molecule has 3 aromatic rings. The van der Waals surface area contributed by atoms with E-state index in [1.165, 1.54) is 11.3 Å². The summed E-state index contributed by atoms with van der Waals surface area (Å²) in [4.78, 5) is 12.3. The SMILES string of the molecule is O=C(Nc1nnc([C@@H]2CCCO2)s1)c1n[nH]c2ccccc12. The maximum absolute atomic E-state index is 12.3. The molecule has 0 bridgehead atoms. The van der Waals surface area contributed by atoms with E-state index < -0.39 is 0 Å². The van der Waals surface area contributed by atoms with Gasteiger partial charge in [0.05, 0.1) is 5.52 Å². The van der Waals surface area contributed by atoms with Gasteiger partial charge in [-0.3, -0.25) is 15.2 Å². The van der Waals surface area contributed by atoms with Crippen LogP contribution in [0.4, 0.5) is 5.13 Å². The van der Waals surface area contributed by atoms with Gasteiger partial charge in [0.2, 0.25) is 5.13 Å². The molecule has 2 N–H and O–H groups in total. The number of carbonyl (C=O) groups excluding carboxylic acids is 1. The van der Waals surface area contributed by atoms with Crippen LogP contribution < -0.4 is 5.32 Å². The molecule has 0 unspecified atom stereocenters. The maximum Gasteiger partial charge on any atom is 0.278 e. The molecule has 1 fully saturated rings. The van der Waals surface area contributed by atoms with Crippen LogP contribution >= 0.6 is 11.3 Å². The first-order valence-corrected chi connectivity index (χ1v) is 7.82. The van der Waals surface area contributed by atoms with Gasteiger partial charge in [-0.1, -0.05) is 29.5 Å². The Labute approximate surface area is 129 Å². The number of rotatable bonds is 3. The van der Waals surface area contributed by atoms with Crippen LogP contribution in [0.25, 0.3) is 10.9 Å². The lowest BCUT2D eigenvalue weighted by molar-refractivity contribution is 0.102. The highest BCUT2D eigenvalue weighted by Crippen LogP contribution is 2.32. The number of carbonyl (C=O) groups is 1. The average Bonchev–Trinajstić information content (AvgIpc) is 3.27. The standard InChI is InChI=1S/C14H13N5O2S/c20-12(11-8-4-1-2-5-9(8)16-17-11)15-14-19-18-13(22-14)10-6-3-7-21-10/h1-2,4-5,10H,3,6-7H2,(H,16,17)(H,15,19,20)/t10-/m0/s1. The molecule has 1 aliphatic heterocycles. The molecular formula is C14H13N5O2S. The number of nitrogens with one attached hydrogen (secondary N) is 2. The van der Waals surface area contributed by atoms with Crippen LogP contribution in [0.1, 0.15) is 34.4 Å². The fraction of sp³-hybridized carbons (Fsp3) is 0.286. The van der Waals surface area contributed by atoms with Gasteiger partial charge in [-0.05, 0) is 18.9 Å². The molecular weight excluding hydrogens is 302 g/mol. The second-order valence-electron chi connectivity index (χ2n) is 5.02. The predicted molar refractivity (Wildman–Crippen MR) is 81.9 cm³/mol. The molecule has 1 aliphatic rings. The van der Waals surface area contributed by atoms with Gasteiger partial charge in [-0.25, -0.2) is 0 Å². The van der Waals surface area contributed by atoms with Gasteiger partial charge < -0.3 is 4.74 Å². The van der Waals surface area contributed by atoms with E-state index >= 15 is 0 Å². The molecule has 0 saturated carbocycles. The third-order valence-electron chi connectivity index (χ3n) is 3.55. The van der Waals surface area contributed by atoms with Crippen LogP contribution in [-0.2, 0) is 4.74 Å². The van der Waals surface area contributed by atoms with E-state index in [0.29, 0.717) is 10.8 Å². The number of hydrogen-bond acceptors (Lipinski definition) is 6. The maximum atomic E-state index is 12.3. The Morgan fingerprint density at radius 2 is 2.27 bits per heavy atom. The van der Waals surface area contributed by atoms with Crippen LogP contribution in [0, 0.1) is 0 Å². The third kappa shape index (κ3) is 2.36. The minimum atomic E-state index is -0.299. The molecule has 4 rings (SSSR count). The Morgan fingerprint density at radius 1 is 1.36 bits per heavy atom. The monoisotopic (exact) mass is 315 g/mol. The number of H-pyrrole nitrogens is 1. The van der Waals surface area contributed by atoms with Crippen molar-refractivity contribution in [3.05, 3.63) is 35.0 Å². The number of benzene rings is 1. The molecule has 22 heavy (non-hydrogen) atoms. The van der Waals surface area contributed by atoms with E-state index in [2.05, 4.69) is 25.7 Å². The van der Waals surface area contributed by atoms with Crippen molar-refractivity contribution in [2.24, 2.45) is 0 Å². The highest BCUT2D eigenvalue weighted by Gasteiger charge is 2.23. The average molecular weight is 315 g/mol. The summed E-state index contributed by atoms with van der Waals surface area (Å²) in [7, 11) is 0. The van der Waals surface area contributed by atoms with Gasteiger partial charge in [0.25, 0.3) is 5.91 Å². The quantitative estimate of drug-likeness (QED) is 0.774. The normalized spacial score (nSPS) is 17.9. The van der Waals surface area contributed by atoms with Crippen molar-refractivity contribution >= 4 is 33.3 Å². The predicted octanol–water partition coefficient (Wildman–Crippen LogP) is 2.52. The van der Waals surface area contributed by atoms with Crippen molar-refractivity contribution in [2.45, 2.75) is 18.9 Å². The molecule has 0 spiro atoms. The smallest absolute Gasteiger partial charge is 0.278 e. The van der Waals surface area contributed by atoms with Crippen molar-refractivity contribution in [3.63, 3.8) is 0 Å². The van der Waals surface area contributed by atoms with Gasteiger partial charge in [0, 0.05) is 12.0 Å². The molecule has 112 valence electrons. The second kappa shape index (κ2) is 5.47. The first-order valence-electron chi connectivity index (χ1n) is 7.01. The lowest BCUT2D eigenvalue weighted by Crippen LogP contribution is -2.12. The van der Waals surface area contributed by atoms with Crippen LogP contribution in [0.2, 0.25) is 0 Å². The molecule has 1 atom stereocenters. The largest absolute Gasteiger partial charge is 0.371 e. The van der Waals surface area contributed by atoms with Crippen molar-refractivity contribution in [3.8, 4) is 0 Å². The van der Waals surface area contributed by atoms with Crippen LogP contribution in [0.5, 0.6) is 0 Å². The molecule has 1 amide bonds. The summed E-state index contributed by atoms with van der Waals surface area (Å²) in [6.45, 7) is 0.755. The number of aromatic amines is 1. The van der Waals surface area contributed by atoms with Crippen LogP contribution in [-0.4, -0.2) is 32.9 Å². The number of nitrogens with zero attached hydrogens (tertiary/aromatic N) is 3. The topological polar surface area (TPSA) is 92.8 Å². The fourth-order valence-corrected chi connectivity index (χ4v) is 3.30. The van der Waals surface area contributed by atoms with Gasteiger partial charge in [-0.15, -0.1) is 10.2 Å². The fourth-order valence-electron chi connectivity index (χ4n) is 2.48. The number of hydrogen-bond donors (Lipinski definition) is 2. The van der Waals surface area contributed by atoms with E-state index in [9.17, 15) is 4.79 Å². The zero-order valence-electron chi connectivity index (χ0n) is 11.6. The zero-order valence-corrected chi connectivity index (χ0v) is 12.4. The summed E-state index contributed by atoms with van der Waals surface area (Å²) >= 11 is 1.34. The van der Waals surface area contributed by atoms with Crippen molar-refractivity contribution in [2.75, 3.05) is 11.9 Å². The number of ether oxygens (including phenoxy) is 1. The summed E-state index contributed by atoms with van der Waals surface area (Å²) in [6, 6.07) is 7.49. The Kier molecular flexibility index (Phi) is 3.32. The molecule has 0 aliphatic carbocycles. The van der Waals surface area contributed by atoms with E-state index in [1.54, 1.807) is 0 Å². The van der Waals surface area contributed by atoms with E-state index in [1.807, 2.05) is 24.3 Å². The van der Waals surface area contributed by atoms with Gasteiger partial charge in [-0.2, -0.15) is 5.10 Å². The van der Waals surface area contributed by atoms with Gasteiger partial charge >= 0.3 is 0 Å². The molecule has 0 radical (unpaired) electrons. The lowest BCUT2D eigenvalue weighted by Gasteiger charge is -2.02. The Morgan fingerprint density at radius 3 is 3.14 bits per heavy atom. The molecule has 7 nitrogen and oxygen atoms in total. The van der Waals surface area contributed by atoms with Gasteiger partial charge in [0.1, 0.15) is 11.1 Å². The summed E-state index contributed by atoms with van der Waals surface area (Å²) in [6.07, 6.45) is 1.99. The van der Waals surface area contributed by atoms with Crippen molar-refractivity contribution in [1.29, 1.82) is 0 Å². The summed E-state index contributed by atoms with van der Waals surface area (Å²) in [5, 5.41) is 19.8. The van der Waals surface area contributed by atoms with E-state index in [4.69, 9.17) is 4.74 Å². The molecule has 1 aromatic carbocycles. The summed E-state index contributed by atoms with van der Waals surface area (Å²) < 4.78 is 5.57. The number of fused-ring (bicyclic) bond motifs is 1. The zero-order chi connectivity index (χ0) is 14.9. The number of anilines is 1. The minimum absolute atomic E-state index is 0.00867. The molecule has 8 heteroatoms. The first-order chi connectivity index (χ1) is 10.8. The van der Waals surface area contributed by atoms with Crippen molar-refractivity contribution in [1.82, 2.24) is 20.4 Å². The summed E-state index contributed by atoms with van der Waals surface area (Å²) in [5.74, 6) is -0.299. The van der Waals surface area contributed by atoms with E-state index in [-0.39, 0.29) is 12.0 Å². The molecule has 2 aromatic heterocycles. The van der Waals surface area contributed by atoms with Crippen LogP contribution in [0.3, 0.4) is 0 Å². The number of para-hydroxylation sites is 1. The summed E-state index contributed by atoms with van der Waals surface area (Å²) in [5.41, 5.74) is 1.18. The highest BCUT2D eigenvalue weighted by atomic mass is 32.1. The Bertz CT molecular complexity index is 821. The number of amides is 1. The lowest BCUT2D eigenvalue weighted by atomic mass is 10.2.